The van der Waals surface area contributed by atoms with Gasteiger partial charge in [-0.1, -0.05) is 0 Å². The Labute approximate surface area is 146 Å². The Morgan fingerprint density at radius 1 is 1.32 bits per heavy atom. The molecule has 25 heavy (non-hydrogen) atoms. The molecular formula is C18H22N6O. The van der Waals surface area contributed by atoms with Gasteiger partial charge in [-0.25, -0.2) is 4.98 Å². The fourth-order valence-corrected chi connectivity index (χ4v) is 3.54. The first-order valence-electron chi connectivity index (χ1n) is 8.72. The molecule has 1 fully saturated rings. The van der Waals surface area contributed by atoms with Gasteiger partial charge in [0.15, 0.2) is 5.65 Å². The maximum Gasteiger partial charge on any atom is 0.255 e. The predicted molar refractivity (Wildman–Crippen MR) is 94.3 cm³/mol. The summed E-state index contributed by atoms with van der Waals surface area (Å²) < 4.78 is 1.94. The van der Waals surface area contributed by atoms with Crippen molar-refractivity contribution in [2.45, 2.75) is 45.7 Å². The smallest absolute Gasteiger partial charge is 0.255 e. The number of nitrogens with zero attached hydrogens (tertiary/aromatic N) is 5. The van der Waals surface area contributed by atoms with Crippen LogP contribution in [0.1, 0.15) is 40.9 Å². The molecule has 130 valence electrons. The fourth-order valence-electron chi connectivity index (χ4n) is 3.54. The third-order valence-electron chi connectivity index (χ3n) is 4.90. The Morgan fingerprint density at radius 2 is 2.20 bits per heavy atom. The van der Waals surface area contributed by atoms with Crippen LogP contribution in [0.15, 0.2) is 24.7 Å². The number of H-pyrrole nitrogens is 1. The number of rotatable bonds is 3. The van der Waals surface area contributed by atoms with Gasteiger partial charge in [0.25, 0.3) is 5.91 Å². The second-order valence-corrected chi connectivity index (χ2v) is 6.83. The summed E-state index contributed by atoms with van der Waals surface area (Å²) in [6, 6.07) is 2.06. The molecular weight excluding hydrogens is 316 g/mol. The topological polar surface area (TPSA) is 79.7 Å². The fraction of sp³-hybridized carbons (Fsp3) is 0.444. The second kappa shape index (κ2) is 6.31. The van der Waals surface area contributed by atoms with E-state index in [1.54, 1.807) is 6.20 Å². The van der Waals surface area contributed by atoms with E-state index in [1.165, 1.54) is 0 Å². The largest absolute Gasteiger partial charge is 0.334 e. The summed E-state index contributed by atoms with van der Waals surface area (Å²) in [4.78, 5) is 19.4. The molecule has 0 aliphatic carbocycles. The van der Waals surface area contributed by atoms with Crippen LogP contribution < -0.4 is 0 Å². The van der Waals surface area contributed by atoms with Crippen molar-refractivity contribution >= 4 is 16.9 Å². The van der Waals surface area contributed by atoms with Crippen LogP contribution in [-0.2, 0) is 6.54 Å². The molecule has 1 saturated heterocycles. The highest BCUT2D eigenvalue weighted by Crippen LogP contribution is 2.22. The Morgan fingerprint density at radius 3 is 3.00 bits per heavy atom. The Kier molecular flexibility index (Phi) is 3.99. The Balaban J connectivity index is 1.59. The lowest BCUT2D eigenvalue weighted by molar-refractivity contribution is 0.0583. The number of aromatic nitrogens is 5. The van der Waals surface area contributed by atoms with Crippen LogP contribution in [0.3, 0.4) is 0 Å². The quantitative estimate of drug-likeness (QED) is 0.795. The summed E-state index contributed by atoms with van der Waals surface area (Å²) in [6.07, 6.45) is 8.71. The number of aryl methyl sites for hydroxylation is 2. The van der Waals surface area contributed by atoms with Crippen LogP contribution in [0.4, 0.5) is 0 Å². The molecule has 7 heteroatoms. The molecule has 0 spiro atoms. The molecule has 0 bridgehead atoms. The van der Waals surface area contributed by atoms with Gasteiger partial charge in [0.2, 0.25) is 0 Å². The number of carbonyl (C=O) groups is 1. The standard InChI is InChI=1S/C18H22N6O/c1-12-8-20-23(10-12)11-15-5-3-4-6-24(15)18(25)14-7-16-13(2)21-22-17(16)19-9-14/h7-10,15H,3-6,11H2,1-2H3,(H,19,21,22). The molecule has 4 rings (SSSR count). The van der Waals surface area contributed by atoms with Crippen LogP contribution >= 0.6 is 0 Å². The third-order valence-corrected chi connectivity index (χ3v) is 4.90. The van der Waals surface area contributed by atoms with E-state index in [0.717, 1.165) is 49.0 Å². The molecule has 3 aromatic rings. The van der Waals surface area contributed by atoms with E-state index in [2.05, 4.69) is 20.3 Å². The minimum Gasteiger partial charge on any atom is -0.334 e. The number of hydrogen-bond donors (Lipinski definition) is 1. The highest BCUT2D eigenvalue weighted by Gasteiger charge is 2.28. The Bertz CT molecular complexity index is 911. The van der Waals surface area contributed by atoms with Gasteiger partial charge in [0.1, 0.15) is 0 Å². The van der Waals surface area contributed by atoms with Crippen molar-refractivity contribution < 1.29 is 4.79 Å². The van der Waals surface area contributed by atoms with Crippen LogP contribution in [0.5, 0.6) is 0 Å². The van der Waals surface area contributed by atoms with Gasteiger partial charge < -0.3 is 4.90 Å². The first kappa shape index (κ1) is 15.8. The summed E-state index contributed by atoms with van der Waals surface area (Å²) in [7, 11) is 0. The minimum atomic E-state index is 0.0450. The van der Waals surface area contributed by atoms with Crippen LogP contribution in [0.2, 0.25) is 0 Å². The number of amides is 1. The molecule has 1 aliphatic rings. The van der Waals surface area contributed by atoms with Crippen molar-refractivity contribution in [3.8, 4) is 0 Å². The van der Waals surface area contributed by atoms with Gasteiger partial charge in [-0.3, -0.25) is 14.6 Å². The lowest BCUT2D eigenvalue weighted by atomic mass is 10.0. The van der Waals surface area contributed by atoms with Crippen molar-refractivity contribution in [1.29, 1.82) is 0 Å². The van der Waals surface area contributed by atoms with Crippen molar-refractivity contribution in [3.05, 3.63) is 41.5 Å². The second-order valence-electron chi connectivity index (χ2n) is 6.83. The molecule has 7 nitrogen and oxygen atoms in total. The molecule has 0 aromatic carbocycles. The summed E-state index contributed by atoms with van der Waals surface area (Å²) in [6.45, 7) is 5.49. The van der Waals surface area contributed by atoms with Gasteiger partial charge in [-0.2, -0.15) is 10.2 Å². The number of aromatic amines is 1. The minimum absolute atomic E-state index is 0.0450. The predicted octanol–water partition coefficient (Wildman–Crippen LogP) is 2.47. The first-order valence-corrected chi connectivity index (χ1v) is 8.72. The number of carbonyl (C=O) groups excluding carboxylic acids is 1. The lowest BCUT2D eigenvalue weighted by Gasteiger charge is -2.35. The molecule has 4 heterocycles. The molecule has 3 aromatic heterocycles. The maximum absolute atomic E-state index is 13.1. The van der Waals surface area contributed by atoms with Gasteiger partial charge >= 0.3 is 0 Å². The maximum atomic E-state index is 13.1. The molecule has 1 amide bonds. The van der Waals surface area contributed by atoms with Gasteiger partial charge in [-0.05, 0) is 44.7 Å². The van der Waals surface area contributed by atoms with E-state index in [-0.39, 0.29) is 11.9 Å². The van der Waals surface area contributed by atoms with Gasteiger partial charge in [0.05, 0.1) is 24.3 Å². The highest BCUT2D eigenvalue weighted by molar-refractivity contribution is 5.97. The molecule has 0 saturated carbocycles. The number of pyridine rings is 1. The SMILES string of the molecule is Cc1cnn(CC2CCCCN2C(=O)c2cnc3n[nH]c(C)c3c2)c1. The summed E-state index contributed by atoms with van der Waals surface area (Å²) in [5.74, 6) is 0.0450. The monoisotopic (exact) mass is 338 g/mol. The van der Waals surface area contributed by atoms with E-state index in [9.17, 15) is 4.79 Å². The zero-order chi connectivity index (χ0) is 17.4. The molecule has 1 unspecified atom stereocenters. The average Bonchev–Trinajstić information content (AvgIpc) is 3.20. The molecule has 1 aliphatic heterocycles. The van der Waals surface area contributed by atoms with E-state index in [0.29, 0.717) is 11.2 Å². The van der Waals surface area contributed by atoms with E-state index >= 15 is 0 Å². The average molecular weight is 338 g/mol. The number of hydrogen-bond acceptors (Lipinski definition) is 4. The lowest BCUT2D eigenvalue weighted by Crippen LogP contribution is -2.46. The van der Waals surface area contributed by atoms with Crippen molar-refractivity contribution in [2.24, 2.45) is 0 Å². The zero-order valence-electron chi connectivity index (χ0n) is 14.6. The van der Waals surface area contributed by atoms with Crippen molar-refractivity contribution in [2.75, 3.05) is 6.54 Å². The zero-order valence-corrected chi connectivity index (χ0v) is 14.6. The third kappa shape index (κ3) is 3.01. The van der Waals surface area contributed by atoms with Crippen LogP contribution in [0.25, 0.3) is 11.0 Å². The van der Waals surface area contributed by atoms with Crippen molar-refractivity contribution in [3.63, 3.8) is 0 Å². The summed E-state index contributed by atoms with van der Waals surface area (Å²) in [5, 5.41) is 12.3. The van der Waals surface area contributed by atoms with Crippen LogP contribution in [0, 0.1) is 13.8 Å². The van der Waals surface area contributed by atoms with Crippen molar-refractivity contribution in [1.82, 2.24) is 29.9 Å². The van der Waals surface area contributed by atoms with E-state index < -0.39 is 0 Å². The summed E-state index contributed by atoms with van der Waals surface area (Å²) >= 11 is 0. The Hall–Kier alpha value is -2.70. The number of fused-ring (bicyclic) bond motifs is 1. The molecule has 1 N–H and O–H groups in total. The van der Waals surface area contributed by atoms with E-state index in [1.807, 2.05) is 41.9 Å². The van der Waals surface area contributed by atoms with Crippen LogP contribution in [-0.4, -0.2) is 48.4 Å². The summed E-state index contributed by atoms with van der Waals surface area (Å²) in [5.41, 5.74) is 3.34. The first-order chi connectivity index (χ1) is 12.1. The van der Waals surface area contributed by atoms with Gasteiger partial charge in [-0.15, -0.1) is 0 Å². The number of likely N-dealkylation sites (tertiary alicyclic amines) is 1. The molecule has 1 atom stereocenters. The van der Waals surface area contributed by atoms with Gasteiger partial charge in [0, 0.05) is 30.0 Å². The number of nitrogens with one attached hydrogen (secondary N) is 1. The highest BCUT2D eigenvalue weighted by atomic mass is 16.2. The normalized spacial score (nSPS) is 18.0. The number of piperidine rings is 1. The molecule has 0 radical (unpaired) electrons. The van der Waals surface area contributed by atoms with E-state index in [4.69, 9.17) is 0 Å².